The maximum absolute atomic E-state index is 12.5. The summed E-state index contributed by atoms with van der Waals surface area (Å²) in [6.07, 6.45) is 2.02. The molecule has 7 heteroatoms. The lowest BCUT2D eigenvalue weighted by atomic mass is 10.1. The first-order valence-corrected chi connectivity index (χ1v) is 9.58. The van der Waals surface area contributed by atoms with Crippen molar-refractivity contribution in [3.8, 4) is 5.75 Å². The van der Waals surface area contributed by atoms with Crippen molar-refractivity contribution in [2.75, 3.05) is 25.1 Å². The highest BCUT2D eigenvalue weighted by atomic mass is 35.5. The number of aryl methyl sites for hydroxylation is 1. The molecule has 1 aliphatic rings. The van der Waals surface area contributed by atoms with Gasteiger partial charge in [-0.05, 0) is 55.7 Å². The molecule has 28 heavy (non-hydrogen) atoms. The zero-order valence-electron chi connectivity index (χ0n) is 15.7. The van der Waals surface area contributed by atoms with Gasteiger partial charge in [0.05, 0.1) is 17.4 Å². The standard InChI is InChI=1S/C21H23ClN2O4/c1-14-11-15(22)8-9-19(14)28-13-20(25)24-18-7-3-2-6-17(18)21(26)23-12-16-5-4-10-27-16/h2-3,6-9,11,16H,4-5,10,12-13H2,1H3,(H,23,26)(H,24,25). The van der Waals surface area contributed by atoms with Crippen molar-refractivity contribution in [1.29, 1.82) is 0 Å². The van der Waals surface area contributed by atoms with Crippen LogP contribution in [-0.4, -0.2) is 37.7 Å². The summed E-state index contributed by atoms with van der Waals surface area (Å²) in [5.41, 5.74) is 1.68. The third kappa shape index (κ3) is 5.47. The Kier molecular flexibility index (Phi) is 6.90. The molecule has 1 heterocycles. The molecule has 2 N–H and O–H groups in total. The molecule has 0 aromatic heterocycles. The number of hydrogen-bond acceptors (Lipinski definition) is 4. The molecule has 0 spiro atoms. The lowest BCUT2D eigenvalue weighted by Gasteiger charge is -2.14. The van der Waals surface area contributed by atoms with Gasteiger partial charge in [0.25, 0.3) is 11.8 Å². The van der Waals surface area contributed by atoms with Crippen LogP contribution in [0.4, 0.5) is 5.69 Å². The smallest absolute Gasteiger partial charge is 0.262 e. The maximum Gasteiger partial charge on any atom is 0.262 e. The van der Waals surface area contributed by atoms with Crippen LogP contribution in [0.25, 0.3) is 0 Å². The number of carbonyl (C=O) groups excluding carboxylic acids is 2. The van der Waals surface area contributed by atoms with E-state index in [-0.39, 0.29) is 24.5 Å². The molecule has 6 nitrogen and oxygen atoms in total. The minimum atomic E-state index is -0.353. The second-order valence-corrected chi connectivity index (χ2v) is 7.07. The fourth-order valence-electron chi connectivity index (χ4n) is 3.00. The van der Waals surface area contributed by atoms with Gasteiger partial charge in [-0.25, -0.2) is 0 Å². The minimum absolute atomic E-state index is 0.0571. The van der Waals surface area contributed by atoms with Gasteiger partial charge in [0, 0.05) is 18.2 Å². The first-order chi connectivity index (χ1) is 13.5. The van der Waals surface area contributed by atoms with Gasteiger partial charge in [-0.3, -0.25) is 9.59 Å². The van der Waals surface area contributed by atoms with Gasteiger partial charge in [-0.1, -0.05) is 23.7 Å². The predicted molar refractivity (Wildman–Crippen MR) is 108 cm³/mol. The number of benzene rings is 2. The second-order valence-electron chi connectivity index (χ2n) is 6.64. The van der Waals surface area contributed by atoms with E-state index in [0.29, 0.717) is 28.6 Å². The number of nitrogens with one attached hydrogen (secondary N) is 2. The van der Waals surface area contributed by atoms with Crippen molar-refractivity contribution in [3.63, 3.8) is 0 Å². The highest BCUT2D eigenvalue weighted by Gasteiger charge is 2.18. The lowest BCUT2D eigenvalue weighted by Crippen LogP contribution is -2.32. The zero-order chi connectivity index (χ0) is 19.9. The fourth-order valence-corrected chi connectivity index (χ4v) is 3.23. The highest BCUT2D eigenvalue weighted by Crippen LogP contribution is 2.22. The molecule has 1 saturated heterocycles. The summed E-state index contributed by atoms with van der Waals surface area (Å²) >= 11 is 5.92. The summed E-state index contributed by atoms with van der Waals surface area (Å²) in [6.45, 7) is 2.88. The number of para-hydroxylation sites is 1. The van der Waals surface area contributed by atoms with E-state index in [1.54, 1.807) is 42.5 Å². The van der Waals surface area contributed by atoms with Crippen LogP contribution in [0.1, 0.15) is 28.8 Å². The third-order valence-electron chi connectivity index (χ3n) is 4.46. The van der Waals surface area contributed by atoms with Crippen molar-refractivity contribution in [2.24, 2.45) is 0 Å². The van der Waals surface area contributed by atoms with Crippen LogP contribution in [0.15, 0.2) is 42.5 Å². The summed E-state index contributed by atoms with van der Waals surface area (Å²) in [4.78, 5) is 24.8. The van der Waals surface area contributed by atoms with E-state index >= 15 is 0 Å². The number of hydrogen-bond donors (Lipinski definition) is 2. The molecule has 0 bridgehead atoms. The molecule has 3 rings (SSSR count). The van der Waals surface area contributed by atoms with Gasteiger partial charge in [0.1, 0.15) is 5.75 Å². The fraction of sp³-hybridized carbons (Fsp3) is 0.333. The minimum Gasteiger partial charge on any atom is -0.483 e. The van der Waals surface area contributed by atoms with Crippen molar-refractivity contribution in [1.82, 2.24) is 5.32 Å². The molecule has 0 radical (unpaired) electrons. The summed E-state index contributed by atoms with van der Waals surface area (Å²) < 4.78 is 11.1. The topological polar surface area (TPSA) is 76.7 Å². The van der Waals surface area contributed by atoms with Gasteiger partial charge in [-0.2, -0.15) is 0 Å². The second kappa shape index (κ2) is 9.57. The molecule has 0 aliphatic carbocycles. The van der Waals surface area contributed by atoms with Crippen molar-refractivity contribution < 1.29 is 19.1 Å². The van der Waals surface area contributed by atoms with Crippen molar-refractivity contribution in [3.05, 3.63) is 58.6 Å². The van der Waals surface area contributed by atoms with E-state index < -0.39 is 0 Å². The van der Waals surface area contributed by atoms with Gasteiger partial charge < -0.3 is 20.1 Å². The highest BCUT2D eigenvalue weighted by molar-refractivity contribution is 6.30. The lowest BCUT2D eigenvalue weighted by molar-refractivity contribution is -0.118. The Morgan fingerprint density at radius 3 is 2.82 bits per heavy atom. The normalized spacial score (nSPS) is 15.9. The molecule has 2 aromatic carbocycles. The summed E-state index contributed by atoms with van der Waals surface area (Å²) in [5.74, 6) is -0.0169. The Bertz CT molecular complexity index is 850. The SMILES string of the molecule is Cc1cc(Cl)ccc1OCC(=O)Nc1ccccc1C(=O)NCC1CCCO1. The maximum atomic E-state index is 12.5. The molecule has 0 saturated carbocycles. The summed E-state index contributed by atoms with van der Waals surface area (Å²) in [5, 5.41) is 6.21. The summed E-state index contributed by atoms with van der Waals surface area (Å²) in [7, 11) is 0. The number of amides is 2. The van der Waals surface area contributed by atoms with Crippen LogP contribution >= 0.6 is 11.6 Å². The van der Waals surface area contributed by atoms with Crippen LogP contribution in [-0.2, 0) is 9.53 Å². The third-order valence-corrected chi connectivity index (χ3v) is 4.69. The van der Waals surface area contributed by atoms with E-state index in [9.17, 15) is 9.59 Å². The van der Waals surface area contributed by atoms with Crippen LogP contribution in [0.3, 0.4) is 0 Å². The Hall–Kier alpha value is -2.57. The number of anilines is 1. The molecule has 1 atom stereocenters. The van der Waals surface area contributed by atoms with Gasteiger partial charge in [0.2, 0.25) is 0 Å². The van der Waals surface area contributed by atoms with Crippen LogP contribution in [0, 0.1) is 6.92 Å². The van der Waals surface area contributed by atoms with E-state index in [2.05, 4.69) is 10.6 Å². The van der Waals surface area contributed by atoms with Gasteiger partial charge >= 0.3 is 0 Å². The van der Waals surface area contributed by atoms with Crippen molar-refractivity contribution in [2.45, 2.75) is 25.9 Å². The molecule has 148 valence electrons. The first kappa shape index (κ1) is 20.2. The van der Waals surface area contributed by atoms with Crippen LogP contribution in [0.5, 0.6) is 5.75 Å². The molecule has 2 aromatic rings. The molecule has 1 fully saturated rings. The van der Waals surface area contributed by atoms with Crippen molar-refractivity contribution >= 4 is 29.1 Å². The largest absolute Gasteiger partial charge is 0.483 e. The van der Waals surface area contributed by atoms with Crippen LogP contribution in [0.2, 0.25) is 5.02 Å². The van der Waals surface area contributed by atoms with E-state index in [1.807, 2.05) is 6.92 Å². The first-order valence-electron chi connectivity index (χ1n) is 9.20. The molecular formula is C21H23ClN2O4. The predicted octanol–water partition coefficient (Wildman–Crippen LogP) is 3.57. The Morgan fingerprint density at radius 2 is 2.07 bits per heavy atom. The number of ether oxygens (including phenoxy) is 2. The molecule has 1 unspecified atom stereocenters. The molecule has 2 amide bonds. The summed E-state index contributed by atoms with van der Waals surface area (Å²) in [6, 6.07) is 12.1. The van der Waals surface area contributed by atoms with Gasteiger partial charge in [0.15, 0.2) is 6.61 Å². The molecular weight excluding hydrogens is 380 g/mol. The zero-order valence-corrected chi connectivity index (χ0v) is 16.4. The Morgan fingerprint density at radius 1 is 1.25 bits per heavy atom. The average molecular weight is 403 g/mol. The Labute approximate surface area is 169 Å². The van der Waals surface area contributed by atoms with Crippen LogP contribution < -0.4 is 15.4 Å². The average Bonchev–Trinajstić information content (AvgIpc) is 3.19. The number of halogens is 1. The van der Waals surface area contributed by atoms with E-state index in [1.165, 1.54) is 0 Å². The quantitative estimate of drug-likeness (QED) is 0.742. The monoisotopic (exact) mass is 402 g/mol. The Balaban J connectivity index is 1.57. The molecule has 1 aliphatic heterocycles. The van der Waals surface area contributed by atoms with E-state index in [0.717, 1.165) is 25.0 Å². The van der Waals surface area contributed by atoms with E-state index in [4.69, 9.17) is 21.1 Å². The number of rotatable bonds is 7. The van der Waals surface area contributed by atoms with Gasteiger partial charge in [-0.15, -0.1) is 0 Å². The number of carbonyl (C=O) groups is 2.